The van der Waals surface area contributed by atoms with Crippen molar-refractivity contribution >= 4 is 15.7 Å². The summed E-state index contributed by atoms with van der Waals surface area (Å²) in [5, 5.41) is 3.97. The maximum Gasteiger partial charge on any atom is 0.264 e. The van der Waals surface area contributed by atoms with Gasteiger partial charge >= 0.3 is 0 Å². The Kier molecular flexibility index (Phi) is 4.06. The number of halogens is 1. The molecule has 0 radical (unpaired) electrons. The minimum Gasteiger partial charge on any atom is -0.361 e. The van der Waals surface area contributed by atoms with E-state index in [0.29, 0.717) is 28.3 Å². The van der Waals surface area contributed by atoms with Crippen LogP contribution in [0.5, 0.6) is 0 Å². The maximum absolute atomic E-state index is 13.8. The lowest BCUT2D eigenvalue weighted by molar-refractivity contribution is 0.421. The van der Waals surface area contributed by atoms with Crippen molar-refractivity contribution in [2.24, 2.45) is 0 Å². The van der Waals surface area contributed by atoms with Crippen LogP contribution >= 0.6 is 0 Å². The average molecular weight is 390 g/mol. The van der Waals surface area contributed by atoms with Gasteiger partial charge in [0.15, 0.2) is 5.82 Å². The van der Waals surface area contributed by atoms with Crippen molar-refractivity contribution in [3.63, 3.8) is 0 Å². The van der Waals surface area contributed by atoms with E-state index in [9.17, 15) is 12.8 Å². The van der Waals surface area contributed by atoms with Crippen molar-refractivity contribution in [2.75, 3.05) is 4.72 Å². The molecule has 1 aliphatic carbocycles. The molecule has 3 aromatic rings. The summed E-state index contributed by atoms with van der Waals surface area (Å²) in [5.41, 5.74) is 1.96. The van der Waals surface area contributed by atoms with Gasteiger partial charge in [-0.05, 0) is 51.3 Å². The summed E-state index contributed by atoms with van der Waals surface area (Å²) in [6.45, 7) is 5.01. The number of rotatable bonds is 5. The molecule has 0 spiro atoms. The van der Waals surface area contributed by atoms with E-state index in [1.54, 1.807) is 20.8 Å². The SMILES string of the molecule is Cc1ccc(NS(=O)(=O)c2c(C)[nH]c(C)c2-c2nc(C3CC3)no2)cc1F. The second kappa shape index (κ2) is 6.19. The molecule has 0 bridgehead atoms. The number of hydrogen-bond donors (Lipinski definition) is 2. The number of benzene rings is 1. The fourth-order valence-electron chi connectivity index (χ4n) is 3.06. The Morgan fingerprint density at radius 3 is 2.63 bits per heavy atom. The summed E-state index contributed by atoms with van der Waals surface area (Å²) in [6, 6.07) is 4.19. The van der Waals surface area contributed by atoms with Crippen molar-refractivity contribution in [2.45, 2.75) is 44.4 Å². The van der Waals surface area contributed by atoms with Gasteiger partial charge in [-0.25, -0.2) is 12.8 Å². The molecule has 1 aliphatic rings. The normalized spacial score (nSPS) is 14.5. The van der Waals surface area contributed by atoms with E-state index < -0.39 is 15.8 Å². The molecule has 9 heteroatoms. The topological polar surface area (TPSA) is 101 Å². The molecule has 0 atom stereocenters. The van der Waals surface area contributed by atoms with Gasteiger partial charge in [0, 0.05) is 17.3 Å². The number of H-pyrrole nitrogens is 1. The molecule has 1 saturated carbocycles. The van der Waals surface area contributed by atoms with Crippen molar-refractivity contribution in [3.8, 4) is 11.5 Å². The van der Waals surface area contributed by atoms with E-state index in [-0.39, 0.29) is 22.4 Å². The van der Waals surface area contributed by atoms with E-state index in [0.717, 1.165) is 18.9 Å². The second-order valence-electron chi connectivity index (χ2n) is 6.88. The van der Waals surface area contributed by atoms with Crippen LogP contribution in [0.1, 0.15) is 41.5 Å². The molecule has 2 heterocycles. The van der Waals surface area contributed by atoms with E-state index in [1.165, 1.54) is 12.1 Å². The zero-order chi connectivity index (χ0) is 19.3. The van der Waals surface area contributed by atoms with Crippen LogP contribution in [0, 0.1) is 26.6 Å². The number of aryl methyl sites for hydroxylation is 3. The van der Waals surface area contributed by atoms with Crippen molar-refractivity contribution in [1.29, 1.82) is 0 Å². The van der Waals surface area contributed by atoms with Crippen LogP contribution < -0.4 is 4.72 Å². The summed E-state index contributed by atoms with van der Waals surface area (Å²) < 4.78 is 47.6. The summed E-state index contributed by atoms with van der Waals surface area (Å²) >= 11 is 0. The van der Waals surface area contributed by atoms with Crippen LogP contribution in [-0.4, -0.2) is 23.5 Å². The Labute approximate surface area is 156 Å². The molecule has 27 heavy (non-hydrogen) atoms. The number of aromatic amines is 1. The van der Waals surface area contributed by atoms with Crippen LogP contribution in [0.2, 0.25) is 0 Å². The molecule has 142 valence electrons. The quantitative estimate of drug-likeness (QED) is 0.690. The standard InChI is InChI=1S/C18H19FN4O3S/c1-9-4-7-13(8-14(9)19)23-27(24,25)16-11(3)20-10(2)15(16)18-21-17(22-26-18)12-5-6-12/h4,7-8,12,20,23H,5-6H2,1-3H3. The van der Waals surface area contributed by atoms with Crippen molar-refractivity contribution < 1.29 is 17.3 Å². The van der Waals surface area contributed by atoms with Gasteiger partial charge in [-0.3, -0.25) is 4.72 Å². The molecule has 2 N–H and O–H groups in total. The van der Waals surface area contributed by atoms with Crippen LogP contribution in [0.4, 0.5) is 10.1 Å². The first-order chi connectivity index (χ1) is 12.8. The molecular formula is C18H19FN4O3S. The van der Waals surface area contributed by atoms with Crippen LogP contribution in [0.25, 0.3) is 11.5 Å². The summed E-state index contributed by atoms with van der Waals surface area (Å²) in [4.78, 5) is 7.41. The number of sulfonamides is 1. The third kappa shape index (κ3) is 3.23. The number of aromatic nitrogens is 3. The van der Waals surface area contributed by atoms with Crippen LogP contribution in [0.3, 0.4) is 0 Å². The zero-order valence-electron chi connectivity index (χ0n) is 15.1. The molecule has 0 saturated heterocycles. The third-order valence-electron chi connectivity index (χ3n) is 4.61. The Morgan fingerprint density at radius 1 is 1.22 bits per heavy atom. The first-order valence-electron chi connectivity index (χ1n) is 8.58. The third-order valence-corrected chi connectivity index (χ3v) is 6.16. The largest absolute Gasteiger partial charge is 0.361 e. The molecule has 2 aromatic heterocycles. The predicted octanol–water partition coefficient (Wildman–Crippen LogP) is 3.81. The van der Waals surface area contributed by atoms with E-state index in [4.69, 9.17) is 4.52 Å². The van der Waals surface area contributed by atoms with Gasteiger partial charge in [0.1, 0.15) is 10.7 Å². The smallest absolute Gasteiger partial charge is 0.264 e. The van der Waals surface area contributed by atoms with Crippen LogP contribution in [-0.2, 0) is 10.0 Å². The zero-order valence-corrected chi connectivity index (χ0v) is 15.9. The van der Waals surface area contributed by atoms with Gasteiger partial charge in [0.25, 0.3) is 15.9 Å². The predicted molar refractivity (Wildman–Crippen MR) is 97.5 cm³/mol. The first-order valence-corrected chi connectivity index (χ1v) is 10.1. The second-order valence-corrected chi connectivity index (χ2v) is 8.50. The van der Waals surface area contributed by atoms with Gasteiger partial charge in [-0.15, -0.1) is 0 Å². The molecule has 1 aromatic carbocycles. The lowest BCUT2D eigenvalue weighted by Gasteiger charge is -2.10. The highest BCUT2D eigenvalue weighted by atomic mass is 32.2. The van der Waals surface area contributed by atoms with E-state index in [2.05, 4.69) is 19.8 Å². The van der Waals surface area contributed by atoms with Crippen molar-refractivity contribution in [1.82, 2.24) is 15.1 Å². The molecule has 1 fully saturated rings. The summed E-state index contributed by atoms with van der Waals surface area (Å²) in [7, 11) is -4.00. The Balaban J connectivity index is 1.76. The van der Waals surface area contributed by atoms with Gasteiger partial charge in [-0.1, -0.05) is 11.2 Å². The Morgan fingerprint density at radius 2 is 1.96 bits per heavy atom. The highest BCUT2D eigenvalue weighted by molar-refractivity contribution is 7.93. The van der Waals surface area contributed by atoms with Gasteiger partial charge in [-0.2, -0.15) is 4.98 Å². The minimum atomic E-state index is -4.00. The lowest BCUT2D eigenvalue weighted by Crippen LogP contribution is -2.14. The fraction of sp³-hybridized carbons (Fsp3) is 0.333. The molecule has 4 rings (SSSR count). The average Bonchev–Trinajstić information content (AvgIpc) is 3.24. The van der Waals surface area contributed by atoms with Crippen molar-refractivity contribution in [3.05, 3.63) is 46.8 Å². The van der Waals surface area contributed by atoms with Crippen LogP contribution in [0.15, 0.2) is 27.6 Å². The number of anilines is 1. The summed E-state index contributed by atoms with van der Waals surface area (Å²) in [5.74, 6) is 0.564. The molecular weight excluding hydrogens is 371 g/mol. The molecule has 0 aliphatic heterocycles. The van der Waals surface area contributed by atoms with E-state index in [1.807, 2.05) is 0 Å². The first kappa shape index (κ1) is 17.7. The Bertz CT molecular complexity index is 1130. The fourth-order valence-corrected chi connectivity index (χ4v) is 4.56. The highest BCUT2D eigenvalue weighted by Crippen LogP contribution is 2.40. The highest BCUT2D eigenvalue weighted by Gasteiger charge is 2.33. The number of hydrogen-bond acceptors (Lipinski definition) is 5. The maximum atomic E-state index is 13.8. The molecule has 7 nitrogen and oxygen atoms in total. The number of nitrogens with one attached hydrogen (secondary N) is 2. The van der Waals surface area contributed by atoms with Gasteiger partial charge in [0.2, 0.25) is 0 Å². The van der Waals surface area contributed by atoms with Gasteiger partial charge in [0.05, 0.1) is 11.3 Å². The molecule has 0 amide bonds. The summed E-state index contributed by atoms with van der Waals surface area (Å²) in [6.07, 6.45) is 2.02. The number of nitrogens with zero attached hydrogens (tertiary/aromatic N) is 2. The van der Waals surface area contributed by atoms with E-state index >= 15 is 0 Å². The lowest BCUT2D eigenvalue weighted by atomic mass is 10.2. The molecule has 0 unspecified atom stereocenters. The monoisotopic (exact) mass is 390 g/mol. The Hall–Kier alpha value is -2.68. The van der Waals surface area contributed by atoms with Gasteiger partial charge < -0.3 is 9.51 Å². The minimum absolute atomic E-state index is 0.0204.